The van der Waals surface area contributed by atoms with Crippen molar-refractivity contribution in [1.29, 1.82) is 0 Å². The van der Waals surface area contributed by atoms with E-state index in [-0.39, 0.29) is 11.9 Å². The average Bonchev–Trinajstić information content (AvgIpc) is 2.67. The van der Waals surface area contributed by atoms with Gasteiger partial charge >= 0.3 is 0 Å². The molecule has 0 saturated carbocycles. The normalized spacial score (nSPS) is 12.8. The Morgan fingerprint density at radius 1 is 1.19 bits per heavy atom. The van der Waals surface area contributed by atoms with Gasteiger partial charge in [0.25, 0.3) is 0 Å². The molecule has 1 atom stereocenters. The Labute approximate surface area is 98.7 Å². The molecule has 2 rings (SSSR count). The van der Waals surface area contributed by atoms with E-state index < -0.39 is 0 Å². The lowest BCUT2D eigenvalue weighted by atomic mass is 9.98. The molecule has 3 heteroatoms. The quantitative estimate of drug-likeness (QED) is 0.846. The molecule has 1 aromatic carbocycles. The third-order valence-electron chi connectivity index (χ3n) is 2.79. The third-order valence-corrected chi connectivity index (χ3v) is 3.66. The monoisotopic (exact) mass is 235 g/mol. The maximum atomic E-state index is 13.4. The van der Waals surface area contributed by atoms with E-state index >= 15 is 0 Å². The van der Waals surface area contributed by atoms with Gasteiger partial charge < -0.3 is 5.73 Å². The van der Waals surface area contributed by atoms with Crippen molar-refractivity contribution in [2.75, 3.05) is 0 Å². The Hall–Kier alpha value is -1.19. The lowest BCUT2D eigenvalue weighted by molar-refractivity contribution is 0.614. The van der Waals surface area contributed by atoms with E-state index in [1.54, 1.807) is 24.3 Å². The van der Waals surface area contributed by atoms with Crippen molar-refractivity contribution >= 4 is 11.3 Å². The van der Waals surface area contributed by atoms with E-state index in [1.807, 2.05) is 18.4 Å². The van der Waals surface area contributed by atoms with Gasteiger partial charge in [-0.05, 0) is 52.9 Å². The second-order valence-corrected chi connectivity index (χ2v) is 4.74. The largest absolute Gasteiger partial charge is 0.320 e. The van der Waals surface area contributed by atoms with Crippen LogP contribution in [0, 0.1) is 19.7 Å². The van der Waals surface area contributed by atoms with Crippen molar-refractivity contribution in [2.45, 2.75) is 19.9 Å². The zero-order valence-corrected chi connectivity index (χ0v) is 10.1. The van der Waals surface area contributed by atoms with Crippen LogP contribution in [0.4, 0.5) is 4.39 Å². The molecule has 0 bridgehead atoms. The second-order valence-electron chi connectivity index (χ2n) is 4.00. The number of aryl methyl sites for hydroxylation is 2. The number of thiophene rings is 1. The zero-order chi connectivity index (χ0) is 11.7. The van der Waals surface area contributed by atoms with Crippen LogP contribution in [0.15, 0.2) is 29.0 Å². The molecule has 2 N–H and O–H groups in total. The van der Waals surface area contributed by atoms with Crippen LogP contribution in [-0.4, -0.2) is 0 Å². The summed E-state index contributed by atoms with van der Waals surface area (Å²) in [6.45, 7) is 3.77. The topological polar surface area (TPSA) is 26.0 Å². The molecule has 0 aliphatic heterocycles. The molecule has 0 radical (unpaired) electrons. The van der Waals surface area contributed by atoms with Crippen LogP contribution in [0.1, 0.15) is 28.3 Å². The van der Waals surface area contributed by atoms with E-state index in [0.717, 1.165) is 11.1 Å². The van der Waals surface area contributed by atoms with Gasteiger partial charge in [-0.15, -0.1) is 0 Å². The standard InChI is InChI=1S/C13H14FNS/c1-8-3-4-10(5-12(8)14)13(15)11-7-16-6-9(11)2/h3-7,13H,15H2,1-2H3. The zero-order valence-electron chi connectivity index (χ0n) is 9.33. The molecule has 0 saturated heterocycles. The minimum atomic E-state index is -0.235. The summed E-state index contributed by atoms with van der Waals surface area (Å²) in [5, 5.41) is 4.08. The molecule has 0 spiro atoms. The lowest BCUT2D eigenvalue weighted by Crippen LogP contribution is -2.12. The van der Waals surface area contributed by atoms with Gasteiger partial charge in [-0.3, -0.25) is 0 Å². The van der Waals surface area contributed by atoms with E-state index in [9.17, 15) is 4.39 Å². The molecule has 0 fully saturated rings. The average molecular weight is 235 g/mol. The highest BCUT2D eigenvalue weighted by Crippen LogP contribution is 2.26. The second kappa shape index (κ2) is 4.36. The predicted molar refractivity (Wildman–Crippen MR) is 66.2 cm³/mol. The van der Waals surface area contributed by atoms with Crippen molar-refractivity contribution in [1.82, 2.24) is 0 Å². The van der Waals surface area contributed by atoms with Gasteiger partial charge in [0.2, 0.25) is 0 Å². The summed E-state index contributed by atoms with van der Waals surface area (Å²) in [7, 11) is 0. The Bertz CT molecular complexity index is 504. The Morgan fingerprint density at radius 3 is 2.50 bits per heavy atom. The van der Waals surface area contributed by atoms with Crippen molar-refractivity contribution in [3.05, 3.63) is 57.0 Å². The van der Waals surface area contributed by atoms with Crippen LogP contribution in [0.3, 0.4) is 0 Å². The number of nitrogens with two attached hydrogens (primary N) is 1. The molecule has 84 valence electrons. The van der Waals surface area contributed by atoms with Crippen molar-refractivity contribution < 1.29 is 4.39 Å². The Morgan fingerprint density at radius 2 is 1.94 bits per heavy atom. The molecule has 1 nitrogen and oxygen atoms in total. The molecular weight excluding hydrogens is 221 g/mol. The first kappa shape index (κ1) is 11.3. The van der Waals surface area contributed by atoms with Gasteiger partial charge in [0.1, 0.15) is 5.82 Å². The summed E-state index contributed by atoms with van der Waals surface area (Å²) in [6, 6.07) is 4.95. The SMILES string of the molecule is Cc1ccc(C(N)c2cscc2C)cc1F. The van der Waals surface area contributed by atoms with Gasteiger partial charge in [0.05, 0.1) is 6.04 Å². The van der Waals surface area contributed by atoms with Crippen molar-refractivity contribution in [3.63, 3.8) is 0 Å². The number of rotatable bonds is 2. The predicted octanol–water partition coefficient (Wildman–Crippen LogP) is 3.55. The first-order valence-electron chi connectivity index (χ1n) is 5.14. The molecule has 16 heavy (non-hydrogen) atoms. The fourth-order valence-electron chi connectivity index (χ4n) is 1.67. The van der Waals surface area contributed by atoms with Crippen molar-refractivity contribution in [3.8, 4) is 0 Å². The summed E-state index contributed by atoms with van der Waals surface area (Å²) in [5.74, 6) is -0.194. The highest BCUT2D eigenvalue weighted by Gasteiger charge is 2.13. The van der Waals surface area contributed by atoms with E-state index in [1.165, 1.54) is 11.6 Å². The van der Waals surface area contributed by atoms with Crippen LogP contribution in [0.2, 0.25) is 0 Å². The fraction of sp³-hybridized carbons (Fsp3) is 0.231. The smallest absolute Gasteiger partial charge is 0.126 e. The summed E-state index contributed by atoms with van der Waals surface area (Å²) in [5.41, 5.74) is 9.84. The van der Waals surface area contributed by atoms with Crippen LogP contribution >= 0.6 is 11.3 Å². The van der Waals surface area contributed by atoms with Gasteiger partial charge in [0.15, 0.2) is 0 Å². The van der Waals surface area contributed by atoms with E-state index in [2.05, 4.69) is 5.38 Å². The molecule has 1 unspecified atom stereocenters. The van der Waals surface area contributed by atoms with Gasteiger partial charge in [-0.25, -0.2) is 4.39 Å². The number of benzene rings is 1. The summed E-state index contributed by atoms with van der Waals surface area (Å²) >= 11 is 1.62. The summed E-state index contributed by atoms with van der Waals surface area (Å²) in [4.78, 5) is 0. The third kappa shape index (κ3) is 2.01. The number of halogens is 1. The molecule has 0 aliphatic carbocycles. The van der Waals surface area contributed by atoms with Crippen LogP contribution in [0.25, 0.3) is 0 Å². The molecule has 1 aromatic heterocycles. The van der Waals surface area contributed by atoms with Gasteiger partial charge in [0, 0.05) is 0 Å². The Kier molecular flexibility index (Phi) is 3.08. The summed E-state index contributed by atoms with van der Waals surface area (Å²) in [6.07, 6.45) is 0. The van der Waals surface area contributed by atoms with E-state index in [4.69, 9.17) is 5.73 Å². The van der Waals surface area contributed by atoms with E-state index in [0.29, 0.717) is 5.56 Å². The highest BCUT2D eigenvalue weighted by atomic mass is 32.1. The number of hydrogen-bond acceptors (Lipinski definition) is 2. The molecule has 1 heterocycles. The number of hydrogen-bond donors (Lipinski definition) is 1. The highest BCUT2D eigenvalue weighted by molar-refractivity contribution is 7.08. The van der Waals surface area contributed by atoms with Crippen LogP contribution < -0.4 is 5.73 Å². The maximum absolute atomic E-state index is 13.4. The summed E-state index contributed by atoms with van der Waals surface area (Å²) < 4.78 is 13.4. The first-order valence-corrected chi connectivity index (χ1v) is 6.08. The van der Waals surface area contributed by atoms with Gasteiger partial charge in [-0.2, -0.15) is 11.3 Å². The Balaban J connectivity index is 2.38. The first-order chi connectivity index (χ1) is 7.59. The molecule has 0 aliphatic rings. The minimum Gasteiger partial charge on any atom is -0.320 e. The fourth-order valence-corrected chi connectivity index (χ4v) is 2.56. The minimum absolute atomic E-state index is 0.194. The molecule has 2 aromatic rings. The van der Waals surface area contributed by atoms with Crippen LogP contribution in [-0.2, 0) is 0 Å². The van der Waals surface area contributed by atoms with Crippen LogP contribution in [0.5, 0.6) is 0 Å². The molecule has 0 amide bonds. The lowest BCUT2D eigenvalue weighted by Gasteiger charge is -2.12. The maximum Gasteiger partial charge on any atom is 0.126 e. The van der Waals surface area contributed by atoms with Gasteiger partial charge in [-0.1, -0.05) is 12.1 Å². The van der Waals surface area contributed by atoms with Crippen molar-refractivity contribution in [2.24, 2.45) is 5.73 Å². The molecular formula is C13H14FNS.